The molecule has 0 aromatic heterocycles. The Morgan fingerprint density at radius 2 is 2.10 bits per heavy atom. The van der Waals surface area contributed by atoms with Gasteiger partial charge < -0.3 is 0 Å². The van der Waals surface area contributed by atoms with Crippen LogP contribution in [-0.4, -0.2) is 0 Å². The van der Waals surface area contributed by atoms with Gasteiger partial charge in [-0.3, -0.25) is 0 Å². The highest BCUT2D eigenvalue weighted by Crippen LogP contribution is 2.18. The molecule has 1 rings (SSSR count). The van der Waals surface area contributed by atoms with Gasteiger partial charge in [0.05, 0.1) is 0 Å². The Morgan fingerprint density at radius 1 is 1.40 bits per heavy atom. The van der Waals surface area contributed by atoms with Crippen molar-refractivity contribution in [1.29, 1.82) is 0 Å². The van der Waals surface area contributed by atoms with Gasteiger partial charge in [-0.05, 0) is 37.1 Å². The highest BCUT2D eigenvalue weighted by Gasteiger charge is 1.98. The lowest BCUT2D eigenvalue weighted by Gasteiger charge is -1.96. The Labute approximate surface area is 66.2 Å². The first-order chi connectivity index (χ1) is 4.72. The van der Waals surface area contributed by atoms with E-state index in [2.05, 4.69) is 5.73 Å². The Bertz CT molecular complexity index is 260. The van der Waals surface area contributed by atoms with Crippen LogP contribution in [-0.2, 0) is 0 Å². The second kappa shape index (κ2) is 2.92. The lowest BCUT2D eigenvalue weighted by molar-refractivity contribution is 1.35. The third-order valence-electron chi connectivity index (χ3n) is 1.56. The first kappa shape index (κ1) is 7.40. The Morgan fingerprint density at radius 3 is 2.80 bits per heavy atom. The van der Waals surface area contributed by atoms with Crippen LogP contribution in [0.3, 0.4) is 0 Å². The van der Waals surface area contributed by atoms with E-state index in [0.717, 1.165) is 16.2 Å². The van der Waals surface area contributed by atoms with Gasteiger partial charge in [-0.1, -0.05) is 17.7 Å². The van der Waals surface area contributed by atoms with Crippen LogP contribution in [0, 0.1) is 0 Å². The van der Waals surface area contributed by atoms with Crippen molar-refractivity contribution in [1.82, 2.24) is 0 Å². The largest absolute Gasteiger partial charge is 0.117 e. The third-order valence-corrected chi connectivity index (χ3v) is 1.97. The standard InChI is InChI=1S/C9H9Cl/c1-7-5-3-4-6-9(10)8(7)2/h3-4,6H,1-2H3. The maximum atomic E-state index is 5.88. The van der Waals surface area contributed by atoms with E-state index < -0.39 is 0 Å². The van der Waals surface area contributed by atoms with Crippen LogP contribution in [0.2, 0.25) is 0 Å². The molecule has 0 N–H and O–H groups in total. The molecule has 0 aromatic carbocycles. The van der Waals surface area contributed by atoms with E-state index in [0.29, 0.717) is 0 Å². The van der Waals surface area contributed by atoms with E-state index in [4.69, 9.17) is 11.6 Å². The first-order valence-corrected chi connectivity index (χ1v) is 3.56. The molecule has 0 heterocycles. The first-order valence-electron chi connectivity index (χ1n) is 3.18. The minimum atomic E-state index is 0.804. The summed E-state index contributed by atoms with van der Waals surface area (Å²) in [6.07, 6.45) is 5.64. The van der Waals surface area contributed by atoms with Gasteiger partial charge in [0, 0.05) is 5.03 Å². The average Bonchev–Trinajstić information content (AvgIpc) is 2.04. The third kappa shape index (κ3) is 1.41. The molecule has 52 valence electrons. The minimum absolute atomic E-state index is 0.804. The molecule has 0 spiro atoms. The van der Waals surface area contributed by atoms with Gasteiger partial charge in [-0.2, -0.15) is 0 Å². The lowest BCUT2D eigenvalue weighted by Crippen LogP contribution is -1.78. The predicted molar refractivity (Wildman–Crippen MR) is 45.0 cm³/mol. The molecule has 0 bridgehead atoms. The maximum Gasteiger partial charge on any atom is 0.0444 e. The fourth-order valence-electron chi connectivity index (χ4n) is 0.718. The summed E-state index contributed by atoms with van der Waals surface area (Å²) in [6.45, 7) is 4.00. The Kier molecular flexibility index (Phi) is 2.16. The van der Waals surface area contributed by atoms with Crippen molar-refractivity contribution < 1.29 is 0 Å². The van der Waals surface area contributed by atoms with E-state index in [1.807, 2.05) is 32.1 Å². The van der Waals surface area contributed by atoms with Gasteiger partial charge >= 0.3 is 0 Å². The van der Waals surface area contributed by atoms with Crippen molar-refractivity contribution in [2.24, 2.45) is 0 Å². The molecular weight excluding hydrogens is 144 g/mol. The summed E-state index contributed by atoms with van der Waals surface area (Å²) >= 11 is 5.88. The Balaban J connectivity index is 3.18. The van der Waals surface area contributed by atoms with Gasteiger partial charge in [-0.15, -0.1) is 5.73 Å². The number of rotatable bonds is 0. The van der Waals surface area contributed by atoms with Gasteiger partial charge in [0.15, 0.2) is 0 Å². The molecule has 0 amide bonds. The van der Waals surface area contributed by atoms with Gasteiger partial charge in [0.1, 0.15) is 0 Å². The van der Waals surface area contributed by atoms with Crippen molar-refractivity contribution in [2.75, 3.05) is 0 Å². The lowest BCUT2D eigenvalue weighted by atomic mass is 10.1. The van der Waals surface area contributed by atoms with Crippen molar-refractivity contribution >= 4 is 11.6 Å². The summed E-state index contributed by atoms with van der Waals surface area (Å²) in [5.41, 5.74) is 5.30. The fraction of sp³-hybridized carbons (Fsp3) is 0.222. The summed E-state index contributed by atoms with van der Waals surface area (Å²) in [7, 11) is 0. The summed E-state index contributed by atoms with van der Waals surface area (Å²) in [5, 5.41) is 0.804. The van der Waals surface area contributed by atoms with Crippen LogP contribution in [0.4, 0.5) is 0 Å². The summed E-state index contributed by atoms with van der Waals surface area (Å²) in [5.74, 6) is 0. The quantitative estimate of drug-likeness (QED) is 0.468. The average molecular weight is 153 g/mol. The zero-order valence-electron chi connectivity index (χ0n) is 6.11. The Hall–Kier alpha value is -0.710. The molecule has 1 aliphatic rings. The van der Waals surface area contributed by atoms with Gasteiger partial charge in [0.2, 0.25) is 0 Å². The molecular formula is C9H9Cl. The van der Waals surface area contributed by atoms with E-state index >= 15 is 0 Å². The van der Waals surface area contributed by atoms with Crippen LogP contribution in [0.15, 0.2) is 40.1 Å². The molecule has 0 radical (unpaired) electrons. The highest BCUT2D eigenvalue weighted by molar-refractivity contribution is 6.31. The molecule has 0 nitrogen and oxygen atoms in total. The van der Waals surface area contributed by atoms with Crippen LogP contribution in [0.1, 0.15) is 13.8 Å². The van der Waals surface area contributed by atoms with E-state index in [-0.39, 0.29) is 0 Å². The molecule has 0 fully saturated rings. The fourth-order valence-corrected chi connectivity index (χ4v) is 0.933. The molecule has 10 heavy (non-hydrogen) atoms. The van der Waals surface area contributed by atoms with Crippen LogP contribution in [0.25, 0.3) is 0 Å². The number of allylic oxidation sites excluding steroid dienone is 5. The molecule has 0 aliphatic heterocycles. The van der Waals surface area contributed by atoms with Crippen molar-refractivity contribution in [3.8, 4) is 0 Å². The topological polar surface area (TPSA) is 0 Å². The van der Waals surface area contributed by atoms with Crippen molar-refractivity contribution in [2.45, 2.75) is 13.8 Å². The number of hydrogen-bond donors (Lipinski definition) is 0. The molecule has 0 unspecified atom stereocenters. The SMILES string of the molecule is CC1=C=CC=CC(Cl)=C1C. The van der Waals surface area contributed by atoms with E-state index in [9.17, 15) is 0 Å². The summed E-state index contributed by atoms with van der Waals surface area (Å²) < 4.78 is 0. The van der Waals surface area contributed by atoms with E-state index in [1.165, 1.54) is 0 Å². The molecule has 1 heteroatoms. The monoisotopic (exact) mass is 152 g/mol. The van der Waals surface area contributed by atoms with Crippen LogP contribution >= 0.6 is 11.6 Å². The second-order valence-corrected chi connectivity index (χ2v) is 2.68. The minimum Gasteiger partial charge on any atom is -0.117 e. The van der Waals surface area contributed by atoms with E-state index in [1.54, 1.807) is 0 Å². The normalized spacial score (nSPS) is 17.3. The second-order valence-electron chi connectivity index (χ2n) is 2.27. The summed E-state index contributed by atoms with van der Waals surface area (Å²) in [4.78, 5) is 0. The predicted octanol–water partition coefficient (Wildman–Crippen LogP) is 3.17. The number of hydrogen-bond acceptors (Lipinski definition) is 0. The molecule has 0 atom stereocenters. The van der Waals surface area contributed by atoms with Crippen molar-refractivity contribution in [3.63, 3.8) is 0 Å². The number of halogens is 1. The van der Waals surface area contributed by atoms with Gasteiger partial charge in [-0.25, -0.2) is 0 Å². The van der Waals surface area contributed by atoms with Crippen molar-refractivity contribution in [3.05, 3.63) is 40.1 Å². The van der Waals surface area contributed by atoms with Gasteiger partial charge in [0.25, 0.3) is 0 Å². The smallest absolute Gasteiger partial charge is 0.0444 e. The van der Waals surface area contributed by atoms with Crippen LogP contribution < -0.4 is 0 Å². The zero-order chi connectivity index (χ0) is 7.56. The maximum absolute atomic E-state index is 5.88. The molecule has 0 saturated carbocycles. The van der Waals surface area contributed by atoms with Crippen LogP contribution in [0.5, 0.6) is 0 Å². The highest BCUT2D eigenvalue weighted by atomic mass is 35.5. The molecule has 0 saturated heterocycles. The summed E-state index contributed by atoms with van der Waals surface area (Å²) in [6, 6.07) is 0. The zero-order valence-corrected chi connectivity index (χ0v) is 6.87. The molecule has 0 aromatic rings. The molecule has 1 aliphatic carbocycles.